The summed E-state index contributed by atoms with van der Waals surface area (Å²) >= 11 is 5.92. The van der Waals surface area contributed by atoms with E-state index in [1.54, 1.807) is 12.1 Å². The van der Waals surface area contributed by atoms with Crippen LogP contribution in [0.25, 0.3) is 0 Å². The number of rotatable bonds is 4. The van der Waals surface area contributed by atoms with Crippen LogP contribution in [0.4, 0.5) is 5.69 Å². The average Bonchev–Trinajstić information content (AvgIpc) is 2.43. The van der Waals surface area contributed by atoms with E-state index in [0.717, 1.165) is 10.2 Å². The number of benzene rings is 1. The van der Waals surface area contributed by atoms with Crippen molar-refractivity contribution in [1.29, 1.82) is 0 Å². The number of nitrogens with one attached hydrogen (secondary N) is 1. The van der Waals surface area contributed by atoms with Gasteiger partial charge in [0.25, 0.3) is 5.56 Å². The molecule has 1 aromatic heterocycles. The fourth-order valence-corrected chi connectivity index (χ4v) is 2.38. The van der Waals surface area contributed by atoms with E-state index in [0.29, 0.717) is 12.2 Å². The van der Waals surface area contributed by atoms with Crippen LogP contribution in [0.2, 0.25) is 5.02 Å². The standard InChI is InChI=1S/C12H13ClN4O3S/c1-17-12(18)11(13)10(7-16-17)15-6-8-2-4-9(5-3-8)21(14,19)20/h2-5,7,15H,6H2,1H3,(H2,14,19,20). The predicted molar refractivity (Wildman–Crippen MR) is 79.6 cm³/mol. The van der Waals surface area contributed by atoms with Gasteiger partial charge in [-0.3, -0.25) is 4.79 Å². The van der Waals surface area contributed by atoms with E-state index in [2.05, 4.69) is 10.4 Å². The molecule has 0 saturated heterocycles. The topological polar surface area (TPSA) is 107 Å². The normalized spacial score (nSPS) is 11.4. The van der Waals surface area contributed by atoms with Crippen LogP contribution in [0, 0.1) is 0 Å². The van der Waals surface area contributed by atoms with Gasteiger partial charge >= 0.3 is 0 Å². The zero-order chi connectivity index (χ0) is 15.6. The van der Waals surface area contributed by atoms with Crippen molar-refractivity contribution in [3.8, 4) is 0 Å². The number of hydrogen-bond donors (Lipinski definition) is 2. The molecule has 7 nitrogen and oxygen atoms in total. The number of halogens is 1. The first-order valence-electron chi connectivity index (χ1n) is 5.86. The molecule has 9 heteroatoms. The summed E-state index contributed by atoms with van der Waals surface area (Å²) in [6, 6.07) is 6.07. The fraction of sp³-hybridized carbons (Fsp3) is 0.167. The quantitative estimate of drug-likeness (QED) is 0.858. The zero-order valence-corrected chi connectivity index (χ0v) is 12.6. The van der Waals surface area contributed by atoms with Crippen LogP contribution in [-0.2, 0) is 23.6 Å². The molecule has 0 bridgehead atoms. The molecule has 1 heterocycles. The molecule has 0 amide bonds. The lowest BCUT2D eigenvalue weighted by Gasteiger charge is -2.09. The van der Waals surface area contributed by atoms with E-state index in [1.165, 1.54) is 25.4 Å². The number of aryl methyl sites for hydroxylation is 1. The second-order valence-electron chi connectivity index (χ2n) is 4.34. The maximum absolute atomic E-state index is 11.6. The molecule has 21 heavy (non-hydrogen) atoms. The Morgan fingerprint density at radius 1 is 1.33 bits per heavy atom. The third-order valence-electron chi connectivity index (χ3n) is 2.81. The van der Waals surface area contributed by atoms with Crippen LogP contribution < -0.4 is 16.0 Å². The molecule has 0 unspecified atom stereocenters. The van der Waals surface area contributed by atoms with Crippen molar-refractivity contribution in [2.45, 2.75) is 11.4 Å². The highest BCUT2D eigenvalue weighted by molar-refractivity contribution is 7.89. The van der Waals surface area contributed by atoms with Crippen LogP contribution in [0.1, 0.15) is 5.56 Å². The lowest BCUT2D eigenvalue weighted by molar-refractivity contribution is 0.598. The molecule has 0 aliphatic carbocycles. The van der Waals surface area contributed by atoms with Crippen molar-refractivity contribution < 1.29 is 8.42 Å². The SMILES string of the molecule is Cn1ncc(NCc2ccc(S(N)(=O)=O)cc2)c(Cl)c1=O. The highest BCUT2D eigenvalue weighted by atomic mass is 35.5. The van der Waals surface area contributed by atoms with Gasteiger partial charge in [0.2, 0.25) is 10.0 Å². The first-order valence-corrected chi connectivity index (χ1v) is 7.79. The Morgan fingerprint density at radius 2 is 1.95 bits per heavy atom. The van der Waals surface area contributed by atoms with Gasteiger partial charge in [0.05, 0.1) is 16.8 Å². The number of hydrogen-bond acceptors (Lipinski definition) is 5. The minimum absolute atomic E-state index is 0.0412. The zero-order valence-electron chi connectivity index (χ0n) is 11.1. The van der Waals surface area contributed by atoms with Crippen LogP contribution in [0.3, 0.4) is 0 Å². The van der Waals surface area contributed by atoms with E-state index < -0.39 is 15.6 Å². The van der Waals surface area contributed by atoms with E-state index in [-0.39, 0.29) is 9.92 Å². The third kappa shape index (κ3) is 3.60. The molecule has 0 atom stereocenters. The van der Waals surface area contributed by atoms with Crippen molar-refractivity contribution in [3.05, 3.63) is 51.4 Å². The van der Waals surface area contributed by atoms with Crippen molar-refractivity contribution in [2.24, 2.45) is 12.2 Å². The average molecular weight is 329 g/mol. The molecule has 112 valence electrons. The van der Waals surface area contributed by atoms with Gasteiger partial charge in [0.1, 0.15) is 5.02 Å². The molecular formula is C12H13ClN4O3S. The van der Waals surface area contributed by atoms with Crippen LogP contribution >= 0.6 is 11.6 Å². The lowest BCUT2D eigenvalue weighted by atomic mass is 10.2. The van der Waals surface area contributed by atoms with Crippen molar-refractivity contribution in [3.63, 3.8) is 0 Å². The summed E-state index contributed by atoms with van der Waals surface area (Å²) in [4.78, 5) is 11.6. The summed E-state index contributed by atoms with van der Waals surface area (Å²) in [5, 5.41) is 11.9. The summed E-state index contributed by atoms with van der Waals surface area (Å²) in [6.45, 7) is 0.361. The maximum Gasteiger partial charge on any atom is 0.287 e. The summed E-state index contributed by atoms with van der Waals surface area (Å²) in [5.41, 5.74) is 0.820. The molecule has 0 fully saturated rings. The highest BCUT2D eigenvalue weighted by Crippen LogP contribution is 2.16. The Balaban J connectivity index is 2.14. The van der Waals surface area contributed by atoms with Gasteiger partial charge < -0.3 is 5.32 Å². The van der Waals surface area contributed by atoms with Crippen molar-refractivity contribution >= 4 is 27.3 Å². The van der Waals surface area contributed by atoms with Gasteiger partial charge in [-0.15, -0.1) is 0 Å². The molecule has 0 radical (unpaired) electrons. The number of sulfonamides is 1. The van der Waals surface area contributed by atoms with Crippen molar-refractivity contribution in [1.82, 2.24) is 9.78 Å². The Labute approximate surface area is 126 Å². The number of nitrogens with zero attached hydrogens (tertiary/aromatic N) is 2. The Hall–Kier alpha value is -1.90. The smallest absolute Gasteiger partial charge is 0.287 e. The van der Waals surface area contributed by atoms with Gasteiger partial charge in [-0.2, -0.15) is 5.10 Å². The molecule has 0 aliphatic heterocycles. The summed E-state index contributed by atoms with van der Waals surface area (Å²) in [7, 11) is -2.20. The van der Waals surface area contributed by atoms with Gasteiger partial charge in [0, 0.05) is 13.6 Å². The molecular weight excluding hydrogens is 316 g/mol. The minimum atomic E-state index is -3.70. The van der Waals surface area contributed by atoms with Crippen molar-refractivity contribution in [2.75, 3.05) is 5.32 Å². The van der Waals surface area contributed by atoms with E-state index in [4.69, 9.17) is 16.7 Å². The Morgan fingerprint density at radius 3 is 2.52 bits per heavy atom. The Bertz CT molecular complexity index is 815. The molecule has 2 aromatic rings. The fourth-order valence-electron chi connectivity index (χ4n) is 1.63. The molecule has 0 saturated carbocycles. The number of anilines is 1. The largest absolute Gasteiger partial charge is 0.378 e. The minimum Gasteiger partial charge on any atom is -0.378 e. The van der Waals surface area contributed by atoms with Gasteiger partial charge in [-0.05, 0) is 17.7 Å². The first kappa shape index (κ1) is 15.5. The Kier molecular flexibility index (Phi) is 4.31. The molecule has 0 aliphatic rings. The second kappa shape index (κ2) is 5.84. The van der Waals surface area contributed by atoms with Gasteiger partial charge in [0.15, 0.2) is 0 Å². The monoisotopic (exact) mass is 328 g/mol. The summed E-state index contributed by atoms with van der Waals surface area (Å²) in [6.07, 6.45) is 1.45. The molecule has 3 N–H and O–H groups in total. The van der Waals surface area contributed by atoms with Gasteiger partial charge in [-0.25, -0.2) is 18.2 Å². The second-order valence-corrected chi connectivity index (χ2v) is 6.28. The van der Waals surface area contributed by atoms with Gasteiger partial charge in [-0.1, -0.05) is 23.7 Å². The van der Waals surface area contributed by atoms with E-state index in [1.807, 2.05) is 0 Å². The molecule has 1 aromatic carbocycles. The number of aromatic nitrogens is 2. The molecule has 2 rings (SSSR count). The number of primary sulfonamides is 1. The predicted octanol–water partition coefficient (Wildman–Crippen LogP) is 0.693. The van der Waals surface area contributed by atoms with E-state index in [9.17, 15) is 13.2 Å². The number of nitrogens with two attached hydrogens (primary N) is 1. The van der Waals surface area contributed by atoms with Crippen LogP contribution in [0.15, 0.2) is 40.2 Å². The van der Waals surface area contributed by atoms with E-state index >= 15 is 0 Å². The molecule has 0 spiro atoms. The maximum atomic E-state index is 11.6. The van der Waals surface area contributed by atoms with Crippen LogP contribution in [-0.4, -0.2) is 18.2 Å². The lowest BCUT2D eigenvalue weighted by Crippen LogP contribution is -2.21. The third-order valence-corrected chi connectivity index (χ3v) is 4.11. The summed E-state index contributed by atoms with van der Waals surface area (Å²) < 4.78 is 23.4. The first-order chi connectivity index (χ1) is 9.79. The summed E-state index contributed by atoms with van der Waals surface area (Å²) in [5.74, 6) is 0. The highest BCUT2D eigenvalue weighted by Gasteiger charge is 2.08. The van der Waals surface area contributed by atoms with Crippen LogP contribution in [0.5, 0.6) is 0 Å².